The summed E-state index contributed by atoms with van der Waals surface area (Å²) in [7, 11) is 3.50. The molecule has 0 radical (unpaired) electrons. The second-order valence-electron chi connectivity index (χ2n) is 4.75. The molecule has 19 heavy (non-hydrogen) atoms. The monoisotopic (exact) mass is 262 g/mol. The molecule has 1 atom stereocenters. The molecule has 1 heterocycles. The summed E-state index contributed by atoms with van der Waals surface area (Å²) in [6.45, 7) is 1.21. The van der Waals surface area contributed by atoms with Crippen molar-refractivity contribution in [1.82, 2.24) is 4.90 Å². The highest BCUT2D eigenvalue weighted by molar-refractivity contribution is 6.07. The molecule has 5 nitrogen and oxygen atoms in total. The van der Waals surface area contributed by atoms with Crippen LogP contribution in [0, 0.1) is 5.92 Å². The van der Waals surface area contributed by atoms with Crippen molar-refractivity contribution in [2.24, 2.45) is 5.92 Å². The molecule has 0 saturated carbocycles. The molecule has 1 unspecified atom stereocenters. The summed E-state index contributed by atoms with van der Waals surface area (Å²) in [4.78, 5) is 25.9. The minimum Gasteiger partial charge on any atom is -0.497 e. The normalized spacial score (nSPS) is 20.1. The van der Waals surface area contributed by atoms with E-state index in [-0.39, 0.29) is 11.7 Å². The van der Waals surface area contributed by atoms with Crippen LogP contribution in [0.5, 0.6) is 5.75 Å². The Kier molecular flexibility index (Phi) is 4.16. The predicted octanol–water partition coefficient (Wildman–Crippen LogP) is 1.15. The number of likely N-dealkylation sites (tertiary alicyclic amines) is 1. The fourth-order valence-electron chi connectivity index (χ4n) is 2.11. The van der Waals surface area contributed by atoms with Gasteiger partial charge < -0.3 is 15.0 Å². The maximum absolute atomic E-state index is 12.1. The van der Waals surface area contributed by atoms with Crippen LogP contribution in [0.25, 0.3) is 0 Å². The minimum absolute atomic E-state index is 0.0177. The molecule has 1 aromatic carbocycles. The molecule has 0 aliphatic carbocycles. The van der Waals surface area contributed by atoms with E-state index in [1.54, 1.807) is 31.4 Å². The molecule has 0 bridgehead atoms. The first-order chi connectivity index (χ1) is 9.10. The van der Waals surface area contributed by atoms with E-state index >= 15 is 0 Å². The van der Waals surface area contributed by atoms with Gasteiger partial charge in [0.05, 0.1) is 7.11 Å². The highest BCUT2D eigenvalue weighted by Gasteiger charge is 2.31. The van der Waals surface area contributed by atoms with Crippen LogP contribution in [0.2, 0.25) is 0 Å². The fourth-order valence-corrected chi connectivity index (χ4v) is 2.11. The predicted molar refractivity (Wildman–Crippen MR) is 72.2 cm³/mol. The first-order valence-corrected chi connectivity index (χ1v) is 6.26. The van der Waals surface area contributed by atoms with Crippen molar-refractivity contribution in [3.8, 4) is 5.75 Å². The number of piperidine rings is 1. The van der Waals surface area contributed by atoms with E-state index < -0.39 is 5.92 Å². The van der Waals surface area contributed by atoms with Crippen molar-refractivity contribution < 1.29 is 14.3 Å². The molecule has 1 fully saturated rings. The van der Waals surface area contributed by atoms with Crippen LogP contribution >= 0.6 is 0 Å². The summed E-state index contributed by atoms with van der Waals surface area (Å²) < 4.78 is 5.05. The molecule has 1 aliphatic rings. The summed E-state index contributed by atoms with van der Waals surface area (Å²) in [5, 5.41) is 2.77. The topological polar surface area (TPSA) is 58.6 Å². The van der Waals surface area contributed by atoms with E-state index in [2.05, 4.69) is 5.32 Å². The van der Waals surface area contributed by atoms with Crippen LogP contribution in [-0.4, -0.2) is 43.8 Å². The average molecular weight is 262 g/mol. The zero-order valence-corrected chi connectivity index (χ0v) is 11.2. The Morgan fingerprint density at radius 2 is 2.05 bits per heavy atom. The van der Waals surface area contributed by atoms with Crippen LogP contribution in [0.15, 0.2) is 24.3 Å². The highest BCUT2D eigenvalue weighted by Crippen LogP contribution is 2.18. The van der Waals surface area contributed by atoms with Gasteiger partial charge in [0, 0.05) is 25.2 Å². The number of hydrogen-bond acceptors (Lipinski definition) is 4. The van der Waals surface area contributed by atoms with Crippen LogP contribution < -0.4 is 10.1 Å². The number of methoxy groups -OCH3 is 1. The van der Waals surface area contributed by atoms with Crippen molar-refractivity contribution in [2.75, 3.05) is 32.6 Å². The standard InChI is InChI=1S/C14H18N2O3/c1-16-8-7-13(17)12(9-16)14(18)15-10-3-5-11(19-2)6-4-10/h3-6,12H,7-9H2,1-2H3,(H,15,18). The van der Waals surface area contributed by atoms with Crippen molar-refractivity contribution in [2.45, 2.75) is 6.42 Å². The smallest absolute Gasteiger partial charge is 0.236 e. The lowest BCUT2D eigenvalue weighted by Crippen LogP contribution is -2.44. The van der Waals surface area contributed by atoms with Gasteiger partial charge in [-0.05, 0) is 31.3 Å². The molecule has 2 rings (SSSR count). The van der Waals surface area contributed by atoms with E-state index in [1.807, 2.05) is 11.9 Å². The number of amides is 1. The summed E-state index contributed by atoms with van der Waals surface area (Å²) in [6, 6.07) is 7.05. The number of carbonyl (C=O) groups excluding carboxylic acids is 2. The number of nitrogens with zero attached hydrogens (tertiary/aromatic N) is 1. The van der Waals surface area contributed by atoms with E-state index in [0.29, 0.717) is 18.7 Å². The number of hydrogen-bond donors (Lipinski definition) is 1. The molecule has 1 N–H and O–H groups in total. The van der Waals surface area contributed by atoms with Crippen molar-refractivity contribution >= 4 is 17.4 Å². The maximum atomic E-state index is 12.1. The fraction of sp³-hybridized carbons (Fsp3) is 0.429. The number of Topliss-reactive ketones (excluding diaryl/α,β-unsaturated/α-hetero) is 1. The van der Waals surface area contributed by atoms with Crippen LogP contribution in [0.3, 0.4) is 0 Å². The SMILES string of the molecule is COc1ccc(NC(=O)C2CN(C)CCC2=O)cc1. The summed E-state index contributed by atoms with van der Waals surface area (Å²) in [5.41, 5.74) is 0.673. The second-order valence-corrected chi connectivity index (χ2v) is 4.75. The van der Waals surface area contributed by atoms with E-state index in [0.717, 1.165) is 12.3 Å². The zero-order valence-electron chi connectivity index (χ0n) is 11.2. The third-order valence-electron chi connectivity index (χ3n) is 3.30. The van der Waals surface area contributed by atoms with Gasteiger partial charge >= 0.3 is 0 Å². The Morgan fingerprint density at radius 3 is 2.68 bits per heavy atom. The van der Waals surface area contributed by atoms with Gasteiger partial charge in [0.1, 0.15) is 17.5 Å². The van der Waals surface area contributed by atoms with E-state index in [1.165, 1.54) is 0 Å². The first-order valence-electron chi connectivity index (χ1n) is 6.26. The van der Waals surface area contributed by atoms with Gasteiger partial charge in [-0.25, -0.2) is 0 Å². The highest BCUT2D eigenvalue weighted by atomic mass is 16.5. The zero-order chi connectivity index (χ0) is 13.8. The lowest BCUT2D eigenvalue weighted by molar-refractivity contribution is -0.134. The van der Waals surface area contributed by atoms with Crippen molar-refractivity contribution in [3.63, 3.8) is 0 Å². The van der Waals surface area contributed by atoms with Crippen LogP contribution in [0.1, 0.15) is 6.42 Å². The Bertz CT molecular complexity index is 470. The molecule has 5 heteroatoms. The van der Waals surface area contributed by atoms with Gasteiger partial charge in [-0.2, -0.15) is 0 Å². The van der Waals surface area contributed by atoms with Gasteiger partial charge in [-0.3, -0.25) is 9.59 Å². The molecule has 0 spiro atoms. The average Bonchev–Trinajstić information content (AvgIpc) is 2.42. The Balaban J connectivity index is 2.01. The second kappa shape index (κ2) is 5.84. The molecule has 1 saturated heterocycles. The lowest BCUT2D eigenvalue weighted by atomic mass is 9.96. The summed E-state index contributed by atoms with van der Waals surface area (Å²) in [6.07, 6.45) is 0.442. The minimum atomic E-state index is -0.569. The number of rotatable bonds is 3. The molecule has 102 valence electrons. The van der Waals surface area contributed by atoms with Gasteiger partial charge in [-0.1, -0.05) is 0 Å². The van der Waals surface area contributed by atoms with Gasteiger partial charge in [0.2, 0.25) is 5.91 Å². The molecule has 0 aromatic heterocycles. The first kappa shape index (κ1) is 13.5. The summed E-state index contributed by atoms with van der Waals surface area (Å²) >= 11 is 0. The molecular formula is C14H18N2O3. The van der Waals surface area contributed by atoms with Gasteiger partial charge in [0.25, 0.3) is 0 Å². The quantitative estimate of drug-likeness (QED) is 0.830. The number of carbonyl (C=O) groups is 2. The Morgan fingerprint density at radius 1 is 1.37 bits per heavy atom. The lowest BCUT2D eigenvalue weighted by Gasteiger charge is -2.27. The third kappa shape index (κ3) is 3.32. The molecular weight excluding hydrogens is 244 g/mol. The van der Waals surface area contributed by atoms with Crippen molar-refractivity contribution in [1.29, 1.82) is 0 Å². The molecule has 1 aliphatic heterocycles. The Labute approximate surface area is 112 Å². The number of anilines is 1. The number of ether oxygens (including phenoxy) is 1. The van der Waals surface area contributed by atoms with Crippen LogP contribution in [-0.2, 0) is 9.59 Å². The number of nitrogens with one attached hydrogen (secondary N) is 1. The maximum Gasteiger partial charge on any atom is 0.236 e. The number of benzene rings is 1. The van der Waals surface area contributed by atoms with Crippen molar-refractivity contribution in [3.05, 3.63) is 24.3 Å². The Hall–Kier alpha value is -1.88. The van der Waals surface area contributed by atoms with E-state index in [4.69, 9.17) is 4.74 Å². The van der Waals surface area contributed by atoms with Gasteiger partial charge in [-0.15, -0.1) is 0 Å². The number of ketones is 1. The third-order valence-corrected chi connectivity index (χ3v) is 3.30. The molecule has 1 amide bonds. The van der Waals surface area contributed by atoms with Gasteiger partial charge in [0.15, 0.2) is 0 Å². The summed E-state index contributed by atoms with van der Waals surface area (Å²) in [5.74, 6) is -0.0573. The van der Waals surface area contributed by atoms with E-state index in [9.17, 15) is 9.59 Å². The molecule has 1 aromatic rings. The largest absolute Gasteiger partial charge is 0.497 e. The van der Waals surface area contributed by atoms with Crippen LogP contribution in [0.4, 0.5) is 5.69 Å².